The highest BCUT2D eigenvalue weighted by Crippen LogP contribution is 2.38. The summed E-state index contributed by atoms with van der Waals surface area (Å²) in [6.07, 6.45) is -4.58. The summed E-state index contributed by atoms with van der Waals surface area (Å²) in [4.78, 5) is 41.6. The van der Waals surface area contributed by atoms with Crippen molar-refractivity contribution in [3.63, 3.8) is 0 Å². The zero-order valence-electron chi connectivity index (χ0n) is 10.4. The molecule has 11 nitrogen and oxygen atoms in total. The summed E-state index contributed by atoms with van der Waals surface area (Å²) in [5.74, 6) is 0. The van der Waals surface area contributed by atoms with Gasteiger partial charge in [-0.05, 0) is 0 Å². The Morgan fingerprint density at radius 1 is 1.33 bits per heavy atom. The van der Waals surface area contributed by atoms with Crippen molar-refractivity contribution >= 4 is 7.82 Å². The number of hydrogen-bond acceptors (Lipinski definition) is 7. The van der Waals surface area contributed by atoms with Gasteiger partial charge in [0.05, 0.1) is 6.61 Å². The van der Waals surface area contributed by atoms with E-state index in [0.717, 1.165) is 16.8 Å². The third-order valence-corrected chi connectivity index (χ3v) is 3.35. The van der Waals surface area contributed by atoms with Gasteiger partial charge in [0.15, 0.2) is 6.23 Å². The molecule has 1 aromatic rings. The maximum atomic E-state index is 11.6. The Hall–Kier alpha value is -1.33. The fourth-order valence-electron chi connectivity index (χ4n) is 1.89. The maximum Gasteiger partial charge on any atom is 0.469 e. The van der Waals surface area contributed by atoms with Crippen molar-refractivity contribution in [3.05, 3.63) is 33.1 Å². The molecule has 0 radical (unpaired) electrons. The Morgan fingerprint density at radius 3 is 2.57 bits per heavy atom. The van der Waals surface area contributed by atoms with Crippen LogP contribution in [0, 0.1) is 0 Å². The van der Waals surface area contributed by atoms with Gasteiger partial charge in [0, 0.05) is 12.3 Å². The van der Waals surface area contributed by atoms with Gasteiger partial charge in [-0.25, -0.2) is 9.36 Å². The lowest BCUT2D eigenvalue weighted by molar-refractivity contribution is -0.0543. The van der Waals surface area contributed by atoms with E-state index in [-0.39, 0.29) is 0 Å². The van der Waals surface area contributed by atoms with Crippen LogP contribution in [-0.4, -0.2) is 54.5 Å². The van der Waals surface area contributed by atoms with Crippen molar-refractivity contribution < 1.29 is 33.8 Å². The fraction of sp³-hybridized carbons (Fsp3) is 0.556. The van der Waals surface area contributed by atoms with E-state index in [0.29, 0.717) is 0 Å². The number of phosphoric acid groups is 1. The number of ether oxygens (including phenoxy) is 1. The summed E-state index contributed by atoms with van der Waals surface area (Å²) in [5, 5.41) is 19.6. The Morgan fingerprint density at radius 2 is 2.00 bits per heavy atom. The van der Waals surface area contributed by atoms with E-state index < -0.39 is 50.2 Å². The molecular weight excluding hydrogens is 311 g/mol. The van der Waals surface area contributed by atoms with Gasteiger partial charge in [-0.3, -0.25) is 18.9 Å². The summed E-state index contributed by atoms with van der Waals surface area (Å²) in [6, 6.07) is 1.02. The first-order valence-electron chi connectivity index (χ1n) is 5.72. The minimum absolute atomic E-state index is 0.648. The zero-order valence-corrected chi connectivity index (χ0v) is 11.3. The van der Waals surface area contributed by atoms with Crippen LogP contribution in [0.15, 0.2) is 21.9 Å². The molecule has 1 aromatic heterocycles. The van der Waals surface area contributed by atoms with Crippen molar-refractivity contribution in [1.82, 2.24) is 9.55 Å². The minimum atomic E-state index is -4.76. The van der Waals surface area contributed by atoms with E-state index in [1.165, 1.54) is 0 Å². The molecule has 0 aliphatic carbocycles. The first kappa shape index (κ1) is 16.0. The second kappa shape index (κ2) is 5.81. The lowest BCUT2D eigenvalue weighted by atomic mass is 10.1. The minimum Gasteiger partial charge on any atom is -0.387 e. The van der Waals surface area contributed by atoms with Crippen molar-refractivity contribution in [2.45, 2.75) is 24.5 Å². The summed E-state index contributed by atoms with van der Waals surface area (Å²) < 4.78 is 20.8. The molecule has 3 unspecified atom stereocenters. The smallest absolute Gasteiger partial charge is 0.387 e. The van der Waals surface area contributed by atoms with Crippen molar-refractivity contribution in [2.24, 2.45) is 0 Å². The summed E-state index contributed by atoms with van der Waals surface area (Å²) in [7, 11) is -4.76. The van der Waals surface area contributed by atoms with Crippen LogP contribution < -0.4 is 11.2 Å². The van der Waals surface area contributed by atoms with Gasteiger partial charge in [-0.2, -0.15) is 0 Å². The van der Waals surface area contributed by atoms with E-state index >= 15 is 0 Å². The highest BCUT2D eigenvalue weighted by molar-refractivity contribution is 7.46. The summed E-state index contributed by atoms with van der Waals surface area (Å²) >= 11 is 0. The standard InChI is InChI=1S/C9H13N2O9P/c12-5-1-2-11(9(15)10-5)8-7(14)6(13)4(20-8)3-19-21(16,17)18/h1-2,4,6-8,13-14H,3H2,(H,10,12,15)(H2,16,17,18)/t4?,6-,7?,8?/m0/s1. The molecule has 12 heteroatoms. The van der Waals surface area contributed by atoms with Crippen LogP contribution in [0.1, 0.15) is 6.23 Å². The van der Waals surface area contributed by atoms with Crippen LogP contribution in [0.5, 0.6) is 0 Å². The molecule has 2 rings (SSSR count). The van der Waals surface area contributed by atoms with E-state index in [1.807, 2.05) is 4.98 Å². The maximum absolute atomic E-state index is 11.6. The van der Waals surface area contributed by atoms with E-state index in [2.05, 4.69) is 4.52 Å². The number of aliphatic hydroxyl groups is 2. The Bertz CT molecular complexity index is 664. The number of aliphatic hydroxyl groups excluding tert-OH is 2. The molecule has 1 saturated heterocycles. The van der Waals surface area contributed by atoms with Gasteiger partial charge in [-0.1, -0.05) is 0 Å². The molecule has 4 atom stereocenters. The molecule has 2 heterocycles. The van der Waals surface area contributed by atoms with Crippen LogP contribution in [0.4, 0.5) is 0 Å². The molecule has 1 aliphatic rings. The predicted octanol–water partition coefficient (Wildman–Crippen LogP) is -2.73. The SMILES string of the molecule is O=c1ccn(C2OC(COP(=O)(O)O)[C@H](O)C2O)c(=O)[nH]1. The van der Waals surface area contributed by atoms with Crippen LogP contribution in [0.3, 0.4) is 0 Å². The molecule has 5 N–H and O–H groups in total. The normalized spacial score (nSPS) is 29.7. The first-order chi connectivity index (χ1) is 9.69. The van der Waals surface area contributed by atoms with E-state index in [1.54, 1.807) is 0 Å². The molecule has 21 heavy (non-hydrogen) atoms. The predicted molar refractivity (Wildman–Crippen MR) is 65.2 cm³/mol. The molecular formula is C9H13N2O9P. The number of aromatic nitrogens is 2. The van der Waals surface area contributed by atoms with Gasteiger partial charge < -0.3 is 24.7 Å². The second-order valence-electron chi connectivity index (χ2n) is 4.35. The van der Waals surface area contributed by atoms with Crippen LogP contribution in [0.2, 0.25) is 0 Å². The Labute approximate surface area is 116 Å². The first-order valence-corrected chi connectivity index (χ1v) is 7.25. The highest BCUT2D eigenvalue weighted by Gasteiger charge is 2.44. The van der Waals surface area contributed by atoms with Crippen LogP contribution in [0.25, 0.3) is 0 Å². The van der Waals surface area contributed by atoms with Crippen molar-refractivity contribution in [1.29, 1.82) is 0 Å². The summed E-state index contributed by atoms with van der Waals surface area (Å²) in [6.45, 7) is -0.683. The lowest BCUT2D eigenvalue weighted by Crippen LogP contribution is -2.37. The van der Waals surface area contributed by atoms with Crippen LogP contribution in [-0.2, 0) is 13.8 Å². The third-order valence-electron chi connectivity index (χ3n) is 2.87. The van der Waals surface area contributed by atoms with Gasteiger partial charge >= 0.3 is 13.5 Å². The molecule has 1 aliphatic heterocycles. The number of phosphoric ester groups is 1. The van der Waals surface area contributed by atoms with Gasteiger partial charge in [0.1, 0.15) is 18.3 Å². The number of hydrogen-bond donors (Lipinski definition) is 5. The molecule has 1 fully saturated rings. The number of aromatic amines is 1. The molecule has 0 spiro atoms. The monoisotopic (exact) mass is 324 g/mol. The summed E-state index contributed by atoms with van der Waals surface area (Å²) in [5.41, 5.74) is -1.51. The number of H-pyrrole nitrogens is 1. The van der Waals surface area contributed by atoms with E-state index in [9.17, 15) is 24.4 Å². The molecule has 0 bridgehead atoms. The largest absolute Gasteiger partial charge is 0.469 e. The fourth-order valence-corrected chi connectivity index (χ4v) is 2.24. The number of nitrogens with one attached hydrogen (secondary N) is 1. The quantitative estimate of drug-likeness (QED) is 0.368. The molecule has 0 amide bonds. The second-order valence-corrected chi connectivity index (χ2v) is 5.59. The number of nitrogens with zero attached hydrogens (tertiary/aromatic N) is 1. The van der Waals surface area contributed by atoms with Gasteiger partial charge in [0.2, 0.25) is 0 Å². The molecule has 0 saturated carbocycles. The molecule has 0 aromatic carbocycles. The number of rotatable bonds is 4. The average molecular weight is 324 g/mol. The topological polar surface area (TPSA) is 171 Å². The Balaban J connectivity index is 2.18. The van der Waals surface area contributed by atoms with Crippen molar-refractivity contribution in [2.75, 3.05) is 6.61 Å². The Kier molecular flexibility index (Phi) is 4.44. The molecule has 118 valence electrons. The van der Waals surface area contributed by atoms with Crippen LogP contribution >= 0.6 is 7.82 Å². The highest BCUT2D eigenvalue weighted by atomic mass is 31.2. The zero-order chi connectivity index (χ0) is 15.8. The third kappa shape index (κ3) is 3.66. The average Bonchev–Trinajstić information content (AvgIpc) is 2.64. The van der Waals surface area contributed by atoms with Gasteiger partial charge in [-0.15, -0.1) is 0 Å². The lowest BCUT2D eigenvalue weighted by Gasteiger charge is -2.16. The van der Waals surface area contributed by atoms with Crippen molar-refractivity contribution in [3.8, 4) is 0 Å². The van der Waals surface area contributed by atoms with E-state index in [4.69, 9.17) is 14.5 Å². The van der Waals surface area contributed by atoms with Gasteiger partial charge in [0.25, 0.3) is 5.56 Å².